The summed E-state index contributed by atoms with van der Waals surface area (Å²) in [6, 6.07) is 6.02. The molecule has 0 bridgehead atoms. The van der Waals surface area contributed by atoms with Crippen LogP contribution in [-0.2, 0) is 9.53 Å². The molecular weight excluding hydrogens is 350 g/mol. The first-order valence-corrected chi connectivity index (χ1v) is 9.77. The van der Waals surface area contributed by atoms with Gasteiger partial charge in [-0.25, -0.2) is 4.79 Å². The fourth-order valence-electron chi connectivity index (χ4n) is 2.55. The zero-order valence-corrected chi connectivity index (χ0v) is 16.4. The molecule has 0 heterocycles. The normalized spacial score (nSPS) is 11.6. The second kappa shape index (κ2) is 13.4. The number of amides is 1. The molecule has 5 heteroatoms. The number of carbonyl (C=O) groups excluding carboxylic acids is 2. The van der Waals surface area contributed by atoms with Crippen molar-refractivity contribution in [2.75, 3.05) is 6.61 Å². The molecule has 0 radical (unpaired) electrons. The molecule has 0 aliphatic heterocycles. The Balaban J connectivity index is 2.12. The first-order chi connectivity index (χ1) is 12.6. The maximum atomic E-state index is 12.1. The molecule has 1 aromatic rings. The third-order valence-electron chi connectivity index (χ3n) is 4.12. The summed E-state index contributed by atoms with van der Waals surface area (Å²) in [5.74, 6) is -0.800. The van der Waals surface area contributed by atoms with Crippen molar-refractivity contribution in [1.82, 2.24) is 5.32 Å². The van der Waals surface area contributed by atoms with Gasteiger partial charge in [0.25, 0.3) is 5.91 Å². The number of carbonyl (C=O) groups is 2. The van der Waals surface area contributed by atoms with E-state index in [0.29, 0.717) is 17.2 Å². The van der Waals surface area contributed by atoms with Crippen LogP contribution < -0.4 is 5.32 Å². The lowest BCUT2D eigenvalue weighted by Gasteiger charge is -2.14. The Labute approximate surface area is 162 Å². The number of benzene rings is 1. The molecule has 1 rings (SSSR count). The highest BCUT2D eigenvalue weighted by molar-refractivity contribution is 6.33. The number of unbranched alkanes of at least 4 members (excludes halogenated alkanes) is 7. The van der Waals surface area contributed by atoms with Gasteiger partial charge in [0.15, 0.2) is 0 Å². The second-order valence-corrected chi connectivity index (χ2v) is 6.80. The van der Waals surface area contributed by atoms with Crippen LogP contribution in [0, 0.1) is 0 Å². The highest BCUT2D eigenvalue weighted by Gasteiger charge is 2.19. The molecule has 1 N–H and O–H groups in total. The Morgan fingerprint density at radius 2 is 1.73 bits per heavy atom. The van der Waals surface area contributed by atoms with Crippen molar-refractivity contribution in [3.8, 4) is 0 Å². The summed E-state index contributed by atoms with van der Waals surface area (Å²) in [4.78, 5) is 24.1. The Morgan fingerprint density at radius 3 is 2.38 bits per heavy atom. The fourth-order valence-corrected chi connectivity index (χ4v) is 2.77. The molecule has 0 fully saturated rings. The van der Waals surface area contributed by atoms with Crippen LogP contribution in [0.4, 0.5) is 0 Å². The van der Waals surface area contributed by atoms with Crippen LogP contribution in [0.15, 0.2) is 36.9 Å². The molecule has 1 amide bonds. The van der Waals surface area contributed by atoms with Gasteiger partial charge < -0.3 is 10.1 Å². The lowest BCUT2D eigenvalue weighted by Crippen LogP contribution is -2.39. The van der Waals surface area contributed by atoms with Crippen molar-refractivity contribution in [1.29, 1.82) is 0 Å². The van der Waals surface area contributed by atoms with Crippen molar-refractivity contribution in [2.45, 2.75) is 64.3 Å². The standard InChI is InChI=1S/C21H30ClNO3/c1-3-4-5-6-7-8-9-10-13-16-26-21(25)17(2)23-20(24)18-14-11-12-15-19(18)22/h3,11-12,14-15,17H,1,4-10,13,16H2,2H3,(H,23,24)/t17-/m0/s1. The van der Waals surface area contributed by atoms with Gasteiger partial charge in [0.1, 0.15) is 6.04 Å². The Kier molecular flexibility index (Phi) is 11.5. The van der Waals surface area contributed by atoms with E-state index in [0.717, 1.165) is 25.7 Å². The predicted octanol–water partition coefficient (Wildman–Crippen LogP) is 5.31. The van der Waals surface area contributed by atoms with E-state index >= 15 is 0 Å². The highest BCUT2D eigenvalue weighted by atomic mass is 35.5. The summed E-state index contributed by atoms with van der Waals surface area (Å²) in [6.45, 7) is 5.72. The lowest BCUT2D eigenvalue weighted by molar-refractivity contribution is -0.145. The van der Waals surface area contributed by atoms with Gasteiger partial charge in [-0.2, -0.15) is 0 Å². The maximum Gasteiger partial charge on any atom is 0.328 e. The van der Waals surface area contributed by atoms with Crippen LogP contribution in [-0.4, -0.2) is 24.5 Å². The third kappa shape index (κ3) is 9.04. The number of allylic oxidation sites excluding steroid dienone is 1. The summed E-state index contributed by atoms with van der Waals surface area (Å²) in [7, 11) is 0. The van der Waals surface area contributed by atoms with Crippen LogP contribution in [0.3, 0.4) is 0 Å². The molecule has 1 aromatic carbocycles. The predicted molar refractivity (Wildman–Crippen MR) is 106 cm³/mol. The quantitative estimate of drug-likeness (QED) is 0.287. The van der Waals surface area contributed by atoms with Crippen molar-refractivity contribution < 1.29 is 14.3 Å². The molecule has 144 valence electrons. The van der Waals surface area contributed by atoms with Gasteiger partial charge in [-0.05, 0) is 38.3 Å². The van der Waals surface area contributed by atoms with Gasteiger partial charge in [0, 0.05) is 0 Å². The molecule has 0 saturated heterocycles. The summed E-state index contributed by atoms with van der Waals surface area (Å²) >= 11 is 5.98. The van der Waals surface area contributed by atoms with Crippen molar-refractivity contribution in [3.63, 3.8) is 0 Å². The number of ether oxygens (including phenoxy) is 1. The van der Waals surface area contributed by atoms with E-state index in [9.17, 15) is 9.59 Å². The zero-order chi connectivity index (χ0) is 19.2. The highest BCUT2D eigenvalue weighted by Crippen LogP contribution is 2.14. The number of esters is 1. The molecule has 0 aliphatic rings. The minimum absolute atomic E-state index is 0.349. The first-order valence-electron chi connectivity index (χ1n) is 9.39. The first kappa shape index (κ1) is 22.2. The third-order valence-corrected chi connectivity index (χ3v) is 4.45. The maximum absolute atomic E-state index is 12.1. The van der Waals surface area contributed by atoms with Gasteiger partial charge in [0.05, 0.1) is 17.2 Å². The Bertz CT molecular complexity index is 574. The SMILES string of the molecule is C=CCCCCCCCCCOC(=O)[C@H](C)NC(=O)c1ccccc1Cl. The summed E-state index contributed by atoms with van der Waals surface area (Å²) in [6.07, 6.45) is 11.1. The van der Waals surface area contributed by atoms with E-state index in [1.807, 2.05) is 6.08 Å². The zero-order valence-electron chi connectivity index (χ0n) is 15.6. The van der Waals surface area contributed by atoms with Crippen molar-refractivity contribution in [3.05, 3.63) is 47.5 Å². The molecule has 0 spiro atoms. The number of rotatable bonds is 13. The molecule has 0 aliphatic carbocycles. The van der Waals surface area contributed by atoms with Crippen molar-refractivity contribution in [2.24, 2.45) is 0 Å². The van der Waals surface area contributed by atoms with Gasteiger partial charge >= 0.3 is 5.97 Å². The molecular formula is C21H30ClNO3. The van der Waals surface area contributed by atoms with E-state index in [1.165, 1.54) is 25.7 Å². The number of halogens is 1. The number of hydrogen-bond donors (Lipinski definition) is 1. The van der Waals surface area contributed by atoms with Gasteiger partial charge in [-0.3, -0.25) is 4.79 Å². The Morgan fingerprint density at radius 1 is 1.12 bits per heavy atom. The lowest BCUT2D eigenvalue weighted by atomic mass is 10.1. The van der Waals surface area contributed by atoms with Crippen LogP contribution in [0.1, 0.15) is 68.6 Å². The molecule has 0 unspecified atom stereocenters. The van der Waals surface area contributed by atoms with E-state index in [2.05, 4.69) is 11.9 Å². The molecule has 26 heavy (non-hydrogen) atoms. The average molecular weight is 380 g/mol. The Hall–Kier alpha value is -1.81. The van der Waals surface area contributed by atoms with E-state index in [4.69, 9.17) is 16.3 Å². The minimum Gasteiger partial charge on any atom is -0.464 e. The van der Waals surface area contributed by atoms with Crippen LogP contribution in [0.25, 0.3) is 0 Å². The van der Waals surface area contributed by atoms with E-state index in [-0.39, 0.29) is 5.91 Å². The van der Waals surface area contributed by atoms with Crippen LogP contribution in [0.2, 0.25) is 5.02 Å². The number of hydrogen-bond acceptors (Lipinski definition) is 3. The summed E-state index contributed by atoms with van der Waals surface area (Å²) in [5.41, 5.74) is 0.349. The minimum atomic E-state index is -0.705. The molecule has 0 aromatic heterocycles. The van der Waals surface area contributed by atoms with E-state index in [1.54, 1.807) is 31.2 Å². The van der Waals surface area contributed by atoms with E-state index < -0.39 is 12.0 Å². The van der Waals surface area contributed by atoms with Crippen LogP contribution >= 0.6 is 11.6 Å². The monoisotopic (exact) mass is 379 g/mol. The summed E-state index contributed by atoms with van der Waals surface area (Å²) in [5, 5.41) is 2.97. The van der Waals surface area contributed by atoms with Gasteiger partial charge in [0.2, 0.25) is 0 Å². The molecule has 1 atom stereocenters. The largest absolute Gasteiger partial charge is 0.464 e. The fraction of sp³-hybridized carbons (Fsp3) is 0.524. The average Bonchev–Trinajstić information content (AvgIpc) is 2.63. The van der Waals surface area contributed by atoms with Gasteiger partial charge in [-0.15, -0.1) is 6.58 Å². The number of nitrogens with one attached hydrogen (secondary N) is 1. The summed E-state index contributed by atoms with van der Waals surface area (Å²) < 4.78 is 5.23. The van der Waals surface area contributed by atoms with Gasteiger partial charge in [-0.1, -0.05) is 61.9 Å². The van der Waals surface area contributed by atoms with Crippen molar-refractivity contribution >= 4 is 23.5 Å². The van der Waals surface area contributed by atoms with Crippen LogP contribution in [0.5, 0.6) is 0 Å². The second-order valence-electron chi connectivity index (χ2n) is 6.39. The molecule has 4 nitrogen and oxygen atoms in total. The molecule has 0 saturated carbocycles. The topological polar surface area (TPSA) is 55.4 Å². The smallest absolute Gasteiger partial charge is 0.328 e.